The van der Waals surface area contributed by atoms with Gasteiger partial charge in [0.05, 0.1) is 6.61 Å². The highest BCUT2D eigenvalue weighted by molar-refractivity contribution is 7.97. The second kappa shape index (κ2) is 10.8. The lowest BCUT2D eigenvalue weighted by molar-refractivity contribution is -0.118. The summed E-state index contributed by atoms with van der Waals surface area (Å²) in [4.78, 5) is 24.2. The first-order valence-electron chi connectivity index (χ1n) is 10.4. The van der Waals surface area contributed by atoms with Gasteiger partial charge < -0.3 is 9.64 Å². The quantitative estimate of drug-likeness (QED) is 0.285. The molecule has 1 aromatic carbocycles. The number of hydrogen-bond donors (Lipinski definition) is 2. The van der Waals surface area contributed by atoms with E-state index >= 15 is 0 Å². The standard InChI is InChI=1S/C21H30FN3O3S/c1-2-18(16-8-9-17(22)19(12-16)28-14-15-6-7-15)24-29-11-5-3-4-10-25-13-20(26)23-21(25)27/h8-9,12,15,18,24H,2-7,10-11,13-14H2,1H3,(H,23,26,27). The van der Waals surface area contributed by atoms with Crippen molar-refractivity contribution in [2.75, 3.05) is 25.4 Å². The minimum Gasteiger partial charge on any atom is -0.490 e. The number of urea groups is 1. The van der Waals surface area contributed by atoms with Crippen LogP contribution in [0.3, 0.4) is 0 Å². The predicted molar refractivity (Wildman–Crippen MR) is 112 cm³/mol. The number of nitrogens with one attached hydrogen (secondary N) is 2. The van der Waals surface area contributed by atoms with E-state index in [2.05, 4.69) is 17.0 Å². The van der Waals surface area contributed by atoms with Crippen molar-refractivity contribution in [3.05, 3.63) is 29.6 Å². The molecule has 0 bridgehead atoms. The van der Waals surface area contributed by atoms with Gasteiger partial charge in [0.2, 0.25) is 5.91 Å². The van der Waals surface area contributed by atoms with Crippen molar-refractivity contribution in [2.24, 2.45) is 5.92 Å². The summed E-state index contributed by atoms with van der Waals surface area (Å²) in [6, 6.07) is 5.00. The average Bonchev–Trinajstić information content (AvgIpc) is 3.47. The number of amides is 3. The van der Waals surface area contributed by atoms with Crippen LogP contribution in [0.1, 0.15) is 57.1 Å². The molecular weight excluding hydrogens is 393 g/mol. The third-order valence-corrected chi connectivity index (χ3v) is 6.15. The van der Waals surface area contributed by atoms with Gasteiger partial charge in [-0.3, -0.25) is 14.8 Å². The fourth-order valence-electron chi connectivity index (χ4n) is 3.20. The fraction of sp³-hybridized carbons (Fsp3) is 0.619. The van der Waals surface area contributed by atoms with Crippen LogP contribution in [0.4, 0.5) is 9.18 Å². The first-order valence-corrected chi connectivity index (χ1v) is 11.4. The maximum atomic E-state index is 14.0. The smallest absolute Gasteiger partial charge is 0.324 e. The number of imide groups is 1. The number of carbonyl (C=O) groups is 2. The molecule has 1 saturated carbocycles. The van der Waals surface area contributed by atoms with Crippen molar-refractivity contribution in [3.63, 3.8) is 0 Å². The van der Waals surface area contributed by atoms with Gasteiger partial charge in [0.1, 0.15) is 6.54 Å². The molecule has 1 aromatic rings. The highest BCUT2D eigenvalue weighted by atomic mass is 32.2. The highest BCUT2D eigenvalue weighted by Gasteiger charge is 2.25. The molecule has 1 aliphatic carbocycles. The number of carbonyl (C=O) groups excluding carboxylic acids is 2. The second-order valence-electron chi connectivity index (χ2n) is 7.71. The maximum absolute atomic E-state index is 14.0. The molecule has 1 atom stereocenters. The van der Waals surface area contributed by atoms with Crippen LogP contribution in [0.25, 0.3) is 0 Å². The number of benzene rings is 1. The molecule has 6 nitrogen and oxygen atoms in total. The van der Waals surface area contributed by atoms with Crippen LogP contribution in [0.15, 0.2) is 18.2 Å². The number of halogens is 1. The topological polar surface area (TPSA) is 70.7 Å². The number of ether oxygens (including phenoxy) is 1. The van der Waals surface area contributed by atoms with Crippen molar-refractivity contribution in [1.82, 2.24) is 14.9 Å². The molecule has 160 valence electrons. The summed E-state index contributed by atoms with van der Waals surface area (Å²) in [5.74, 6) is 1.37. The van der Waals surface area contributed by atoms with E-state index in [-0.39, 0.29) is 30.3 Å². The average molecular weight is 424 g/mol. The maximum Gasteiger partial charge on any atom is 0.324 e. The Labute approximate surface area is 176 Å². The summed E-state index contributed by atoms with van der Waals surface area (Å²) in [5, 5.41) is 2.29. The van der Waals surface area contributed by atoms with Gasteiger partial charge >= 0.3 is 6.03 Å². The number of unbranched alkanes of at least 4 members (excludes halogenated alkanes) is 2. The molecule has 1 heterocycles. The van der Waals surface area contributed by atoms with E-state index in [4.69, 9.17) is 4.74 Å². The molecule has 3 rings (SSSR count). The van der Waals surface area contributed by atoms with Crippen LogP contribution < -0.4 is 14.8 Å². The minimum atomic E-state index is -0.301. The number of hydrogen-bond acceptors (Lipinski definition) is 5. The van der Waals surface area contributed by atoms with Crippen molar-refractivity contribution < 1.29 is 18.7 Å². The molecule has 1 unspecified atom stereocenters. The van der Waals surface area contributed by atoms with Gasteiger partial charge in [-0.2, -0.15) is 0 Å². The molecule has 2 aliphatic rings. The van der Waals surface area contributed by atoms with Gasteiger partial charge in [0.25, 0.3) is 0 Å². The van der Waals surface area contributed by atoms with Crippen LogP contribution in [0.5, 0.6) is 5.75 Å². The van der Waals surface area contributed by atoms with Crippen LogP contribution in [0.2, 0.25) is 0 Å². The third kappa shape index (κ3) is 6.89. The van der Waals surface area contributed by atoms with Gasteiger partial charge in [-0.15, -0.1) is 0 Å². The summed E-state index contributed by atoms with van der Waals surface area (Å²) >= 11 is 1.67. The zero-order valence-electron chi connectivity index (χ0n) is 16.9. The van der Waals surface area contributed by atoms with E-state index in [0.717, 1.165) is 37.0 Å². The van der Waals surface area contributed by atoms with Crippen LogP contribution in [-0.4, -0.2) is 42.3 Å². The largest absolute Gasteiger partial charge is 0.490 e. The van der Waals surface area contributed by atoms with Crippen molar-refractivity contribution in [1.29, 1.82) is 0 Å². The summed E-state index contributed by atoms with van der Waals surface area (Å²) in [6.07, 6.45) is 6.17. The van der Waals surface area contributed by atoms with Crippen LogP contribution >= 0.6 is 11.9 Å². The van der Waals surface area contributed by atoms with Gasteiger partial charge in [-0.1, -0.05) is 31.4 Å². The van der Waals surface area contributed by atoms with E-state index in [0.29, 0.717) is 24.8 Å². The Morgan fingerprint density at radius 1 is 1.31 bits per heavy atom. The Morgan fingerprint density at radius 3 is 2.83 bits per heavy atom. The molecule has 2 N–H and O–H groups in total. The number of nitrogens with zero attached hydrogens (tertiary/aromatic N) is 1. The molecule has 29 heavy (non-hydrogen) atoms. The minimum absolute atomic E-state index is 0.142. The Kier molecular flexibility index (Phi) is 8.18. The van der Waals surface area contributed by atoms with Crippen LogP contribution in [0, 0.1) is 11.7 Å². The Balaban J connectivity index is 1.34. The lowest BCUT2D eigenvalue weighted by Crippen LogP contribution is -2.29. The summed E-state index contributed by atoms with van der Waals surface area (Å²) < 4.78 is 23.1. The summed E-state index contributed by atoms with van der Waals surface area (Å²) in [7, 11) is 0. The van der Waals surface area contributed by atoms with E-state index in [1.165, 1.54) is 18.9 Å². The summed E-state index contributed by atoms with van der Waals surface area (Å²) in [6.45, 7) is 3.51. The molecule has 2 fully saturated rings. The predicted octanol–water partition coefficient (Wildman–Crippen LogP) is 4.03. The second-order valence-corrected chi connectivity index (χ2v) is 8.64. The molecule has 0 radical (unpaired) electrons. The van der Waals surface area contributed by atoms with Crippen molar-refractivity contribution >= 4 is 23.9 Å². The van der Waals surface area contributed by atoms with Crippen molar-refractivity contribution in [3.8, 4) is 5.75 Å². The molecule has 3 amide bonds. The fourth-order valence-corrected chi connectivity index (χ4v) is 4.17. The molecule has 1 saturated heterocycles. The van der Waals surface area contributed by atoms with Gasteiger partial charge in [-0.25, -0.2) is 9.18 Å². The highest BCUT2D eigenvalue weighted by Crippen LogP contribution is 2.31. The third-order valence-electron chi connectivity index (χ3n) is 5.21. The molecule has 1 aliphatic heterocycles. The number of rotatable bonds is 13. The van der Waals surface area contributed by atoms with E-state index in [1.807, 2.05) is 12.1 Å². The van der Waals surface area contributed by atoms with Gasteiger partial charge in [0, 0.05) is 18.3 Å². The Morgan fingerprint density at radius 2 is 2.14 bits per heavy atom. The molecule has 0 spiro atoms. The van der Waals surface area contributed by atoms with E-state index < -0.39 is 0 Å². The Hall–Kier alpha value is -1.80. The monoisotopic (exact) mass is 423 g/mol. The lowest BCUT2D eigenvalue weighted by Gasteiger charge is -2.18. The Bertz CT molecular complexity index is 714. The molecule has 0 aromatic heterocycles. The normalized spacial score (nSPS) is 17.5. The lowest BCUT2D eigenvalue weighted by atomic mass is 10.1. The van der Waals surface area contributed by atoms with Crippen molar-refractivity contribution in [2.45, 2.75) is 51.5 Å². The van der Waals surface area contributed by atoms with E-state index in [9.17, 15) is 14.0 Å². The zero-order chi connectivity index (χ0) is 20.6. The molecular formula is C21H30FN3O3S. The van der Waals surface area contributed by atoms with Gasteiger partial charge in [-0.05, 0) is 55.7 Å². The van der Waals surface area contributed by atoms with Crippen LogP contribution in [-0.2, 0) is 4.79 Å². The molecule has 8 heteroatoms. The SMILES string of the molecule is CCC(NSCCCCCN1CC(=O)NC1=O)c1ccc(F)c(OCC2CC2)c1. The van der Waals surface area contributed by atoms with Gasteiger partial charge in [0.15, 0.2) is 11.6 Å². The zero-order valence-corrected chi connectivity index (χ0v) is 17.7. The van der Waals surface area contributed by atoms with E-state index in [1.54, 1.807) is 16.8 Å². The first-order chi connectivity index (χ1) is 14.1. The summed E-state index contributed by atoms with van der Waals surface area (Å²) in [5.41, 5.74) is 1.04. The first kappa shape index (κ1) is 21.9.